The van der Waals surface area contributed by atoms with Crippen molar-refractivity contribution < 1.29 is 9.53 Å². The van der Waals surface area contributed by atoms with Gasteiger partial charge in [-0.1, -0.05) is 6.42 Å². The lowest BCUT2D eigenvalue weighted by Crippen LogP contribution is -2.47. The number of pyridine rings is 2. The molecule has 2 aromatic heterocycles. The molecular weight excluding hydrogens is 544 g/mol. The van der Waals surface area contributed by atoms with E-state index in [-0.39, 0.29) is 24.5 Å². The molecule has 1 N–H and O–H groups in total. The first-order chi connectivity index (χ1) is 19.5. The number of nitrogens with one attached hydrogen (secondary N) is 1. The van der Waals surface area contributed by atoms with Gasteiger partial charge in [0.25, 0.3) is 0 Å². The number of fused-ring (bicyclic) bond motifs is 2. The summed E-state index contributed by atoms with van der Waals surface area (Å²) < 4.78 is 5.63. The van der Waals surface area contributed by atoms with Crippen LogP contribution < -0.4 is 5.32 Å². The topological polar surface area (TPSA) is 67.4 Å². The van der Waals surface area contributed by atoms with Crippen molar-refractivity contribution >= 4 is 30.7 Å². The number of ether oxygens (including phenoxy) is 1. The number of amides is 1. The molecule has 0 saturated carbocycles. The lowest BCUT2D eigenvalue weighted by Gasteiger charge is -2.37. The summed E-state index contributed by atoms with van der Waals surface area (Å²) >= 11 is 0. The average molecular weight is 593 g/mol. The molecule has 2 fully saturated rings. The maximum absolute atomic E-state index is 12.6. The van der Waals surface area contributed by atoms with Crippen LogP contribution in [0, 0.1) is 27.7 Å². The van der Waals surface area contributed by atoms with E-state index in [1.54, 1.807) is 5.57 Å². The zero-order chi connectivity index (χ0) is 29.3. The number of carbonyl (C=O) groups excluding carboxylic acids is 1. The molecule has 0 aromatic carbocycles. The van der Waals surface area contributed by atoms with Crippen LogP contribution in [-0.2, 0) is 17.6 Å². The molecule has 4 aliphatic rings. The normalized spacial score (nSPS) is 21.3. The van der Waals surface area contributed by atoms with E-state index in [2.05, 4.69) is 60.3 Å². The standard InChI is InChI=1S/C20H28N2O2.C15H20N2.ClH/c1-13-10-14(2)21-17-12-15(11-16(13)17)18-8-6-7-9-22(18)19(23)24-20(3,4)5;1-10-7-11(2)17-15-9-12(8-13(10)15)14-5-3-4-6-16-14;/h10,12,18H,6-9,11H2,1-5H3;7,9,14,16H,3-6,8H2,1-2H3;1H/t18-;14-;/m00./s1. The maximum Gasteiger partial charge on any atom is 0.410 e. The number of aromatic nitrogens is 2. The summed E-state index contributed by atoms with van der Waals surface area (Å²) in [5.74, 6) is 0. The van der Waals surface area contributed by atoms with Gasteiger partial charge in [0, 0.05) is 24.0 Å². The van der Waals surface area contributed by atoms with E-state index in [0.29, 0.717) is 6.04 Å². The third-order valence-corrected chi connectivity index (χ3v) is 8.74. The fraction of sp³-hybridized carbons (Fsp3) is 0.571. The van der Waals surface area contributed by atoms with Crippen LogP contribution in [0.2, 0.25) is 0 Å². The van der Waals surface area contributed by atoms with Crippen LogP contribution in [-0.4, -0.2) is 51.7 Å². The Morgan fingerprint density at radius 2 is 1.43 bits per heavy atom. The molecule has 0 unspecified atom stereocenters. The molecule has 2 aliphatic heterocycles. The molecule has 0 bridgehead atoms. The van der Waals surface area contributed by atoms with Crippen molar-refractivity contribution in [1.82, 2.24) is 20.2 Å². The zero-order valence-corrected chi connectivity index (χ0v) is 27.4. The zero-order valence-electron chi connectivity index (χ0n) is 26.6. The summed E-state index contributed by atoms with van der Waals surface area (Å²) in [5.41, 5.74) is 12.3. The Morgan fingerprint density at radius 3 is 2.00 bits per heavy atom. The minimum atomic E-state index is -0.457. The second-order valence-electron chi connectivity index (χ2n) is 13.4. The van der Waals surface area contributed by atoms with Gasteiger partial charge in [0.05, 0.1) is 17.4 Å². The fourth-order valence-electron chi connectivity index (χ4n) is 6.81. The van der Waals surface area contributed by atoms with Crippen LogP contribution in [0.25, 0.3) is 12.2 Å². The van der Waals surface area contributed by atoms with E-state index in [0.717, 1.165) is 55.7 Å². The van der Waals surface area contributed by atoms with Crippen LogP contribution in [0.5, 0.6) is 0 Å². The molecule has 42 heavy (non-hydrogen) atoms. The molecule has 0 radical (unpaired) electrons. The highest BCUT2D eigenvalue weighted by Crippen LogP contribution is 2.35. The van der Waals surface area contributed by atoms with Crippen molar-refractivity contribution in [1.29, 1.82) is 0 Å². The van der Waals surface area contributed by atoms with Gasteiger partial charge in [0.1, 0.15) is 5.60 Å². The number of carbonyl (C=O) groups is 1. The monoisotopic (exact) mass is 592 g/mol. The third kappa shape index (κ3) is 7.44. The first-order valence-corrected chi connectivity index (χ1v) is 15.6. The molecule has 2 atom stereocenters. The molecule has 228 valence electrons. The lowest BCUT2D eigenvalue weighted by molar-refractivity contribution is 0.0137. The number of piperidine rings is 2. The van der Waals surface area contributed by atoms with Gasteiger partial charge in [-0.05, 0) is 158 Å². The molecule has 2 saturated heterocycles. The Balaban J connectivity index is 0.000000198. The summed E-state index contributed by atoms with van der Waals surface area (Å²) in [4.78, 5) is 23.9. The van der Waals surface area contributed by atoms with Crippen LogP contribution in [0.15, 0.2) is 23.3 Å². The van der Waals surface area contributed by atoms with Gasteiger partial charge in [-0.15, -0.1) is 12.4 Å². The lowest BCUT2D eigenvalue weighted by atomic mass is 9.93. The minimum absolute atomic E-state index is 0. The van der Waals surface area contributed by atoms with Crippen molar-refractivity contribution in [2.45, 2.75) is 118 Å². The Hall–Kier alpha value is -2.70. The summed E-state index contributed by atoms with van der Waals surface area (Å²) in [6.07, 6.45) is 13.5. The van der Waals surface area contributed by atoms with Crippen molar-refractivity contribution in [3.63, 3.8) is 0 Å². The first-order valence-electron chi connectivity index (χ1n) is 15.6. The molecule has 4 heterocycles. The number of halogens is 1. The van der Waals surface area contributed by atoms with Crippen molar-refractivity contribution in [3.8, 4) is 0 Å². The second-order valence-corrected chi connectivity index (χ2v) is 13.4. The number of hydrogen-bond acceptors (Lipinski definition) is 5. The van der Waals surface area contributed by atoms with E-state index >= 15 is 0 Å². The van der Waals surface area contributed by atoms with Crippen molar-refractivity contribution in [2.24, 2.45) is 0 Å². The highest BCUT2D eigenvalue weighted by Gasteiger charge is 2.34. The van der Waals surface area contributed by atoms with Crippen LogP contribution in [0.4, 0.5) is 4.79 Å². The van der Waals surface area contributed by atoms with Crippen molar-refractivity contribution in [2.75, 3.05) is 13.1 Å². The summed E-state index contributed by atoms with van der Waals surface area (Å²) in [6.45, 7) is 16.2. The van der Waals surface area contributed by atoms with E-state index < -0.39 is 5.60 Å². The quantitative estimate of drug-likeness (QED) is 0.388. The molecule has 7 heteroatoms. The average Bonchev–Trinajstić information content (AvgIpc) is 3.54. The van der Waals surface area contributed by atoms with Crippen molar-refractivity contribution in [3.05, 3.63) is 68.3 Å². The van der Waals surface area contributed by atoms with E-state index in [1.807, 2.05) is 32.6 Å². The van der Waals surface area contributed by atoms with Gasteiger partial charge in [0.15, 0.2) is 0 Å². The predicted molar refractivity (Wildman–Crippen MR) is 174 cm³/mol. The van der Waals surface area contributed by atoms with E-state index in [9.17, 15) is 4.79 Å². The largest absolute Gasteiger partial charge is 0.444 e. The Kier molecular flexibility index (Phi) is 10.2. The van der Waals surface area contributed by atoms with Crippen LogP contribution >= 0.6 is 12.4 Å². The SMILES string of the molecule is Cc1cc(C)c2c(n1)C=C([C@@H]1CCCCN1)C2.Cc1cc(C)c2c(n1)C=C([C@@H]1CCCCN1C(=O)OC(C)(C)C)C2.Cl. The summed E-state index contributed by atoms with van der Waals surface area (Å²) in [5, 5.41) is 3.63. The van der Waals surface area contributed by atoms with Gasteiger partial charge >= 0.3 is 6.09 Å². The van der Waals surface area contributed by atoms with Gasteiger partial charge < -0.3 is 15.0 Å². The number of nitrogens with zero attached hydrogens (tertiary/aromatic N) is 3. The number of aryl methyl sites for hydroxylation is 4. The van der Waals surface area contributed by atoms with Gasteiger partial charge in [-0.25, -0.2) is 4.79 Å². The highest BCUT2D eigenvalue weighted by atomic mass is 35.5. The number of rotatable bonds is 2. The predicted octanol–water partition coefficient (Wildman–Crippen LogP) is 7.63. The Morgan fingerprint density at radius 1 is 0.857 bits per heavy atom. The van der Waals surface area contributed by atoms with Gasteiger partial charge in [0.2, 0.25) is 0 Å². The first kappa shape index (κ1) is 32.2. The highest BCUT2D eigenvalue weighted by molar-refractivity contribution is 5.85. The molecule has 6 rings (SSSR count). The molecule has 1 amide bonds. The molecular formula is C35H49ClN4O2. The third-order valence-electron chi connectivity index (χ3n) is 8.74. The molecule has 2 aromatic rings. The van der Waals surface area contributed by atoms with E-state index in [1.165, 1.54) is 59.3 Å². The molecule has 6 nitrogen and oxygen atoms in total. The minimum Gasteiger partial charge on any atom is -0.444 e. The summed E-state index contributed by atoms with van der Waals surface area (Å²) in [6, 6.07) is 5.08. The Labute approximate surface area is 258 Å². The fourth-order valence-corrected chi connectivity index (χ4v) is 6.81. The van der Waals surface area contributed by atoms with Gasteiger partial charge in [-0.2, -0.15) is 0 Å². The van der Waals surface area contributed by atoms with Crippen LogP contribution in [0.1, 0.15) is 104 Å². The smallest absolute Gasteiger partial charge is 0.410 e. The molecule has 0 spiro atoms. The maximum atomic E-state index is 12.6. The number of hydrogen-bond donors (Lipinski definition) is 1. The van der Waals surface area contributed by atoms with Crippen LogP contribution in [0.3, 0.4) is 0 Å². The molecule has 2 aliphatic carbocycles. The Bertz CT molecular complexity index is 1370. The summed E-state index contributed by atoms with van der Waals surface area (Å²) in [7, 11) is 0. The second kappa shape index (κ2) is 13.3. The van der Waals surface area contributed by atoms with E-state index in [4.69, 9.17) is 4.74 Å². The number of likely N-dealkylation sites (tertiary alicyclic amines) is 1. The van der Waals surface area contributed by atoms with Gasteiger partial charge in [-0.3, -0.25) is 9.97 Å².